The van der Waals surface area contributed by atoms with Crippen LogP contribution in [0.5, 0.6) is 11.5 Å². The zero-order valence-electron chi connectivity index (χ0n) is 12.3. The van der Waals surface area contributed by atoms with Crippen molar-refractivity contribution in [1.29, 1.82) is 0 Å². The number of carbonyl (C=O) groups excluding carboxylic acids is 1. The zero-order chi connectivity index (χ0) is 15.4. The molecule has 3 nitrogen and oxygen atoms in total. The molecule has 0 aliphatic heterocycles. The quantitative estimate of drug-likeness (QED) is 0.626. The number of halogens is 1. The Kier molecular flexibility index (Phi) is 4.86. The first-order valence-corrected chi connectivity index (χ1v) is 7.00. The summed E-state index contributed by atoms with van der Waals surface area (Å²) in [5.74, 6) is 0.746. The third-order valence-electron chi connectivity index (χ3n) is 3.04. The summed E-state index contributed by atoms with van der Waals surface area (Å²) in [6, 6.07) is 10.9. The molecule has 0 saturated heterocycles. The number of hydrogen-bond donors (Lipinski definition) is 0. The summed E-state index contributed by atoms with van der Waals surface area (Å²) in [4.78, 5) is 11.8. The van der Waals surface area contributed by atoms with Gasteiger partial charge in [0.1, 0.15) is 11.5 Å². The van der Waals surface area contributed by atoms with E-state index in [1.165, 1.54) is 0 Å². The molecule has 0 aliphatic carbocycles. The van der Waals surface area contributed by atoms with Gasteiger partial charge in [-0.2, -0.15) is 0 Å². The highest BCUT2D eigenvalue weighted by Crippen LogP contribution is 2.22. The maximum atomic E-state index is 11.8. The van der Waals surface area contributed by atoms with Gasteiger partial charge in [0.15, 0.2) is 6.61 Å². The molecule has 0 N–H and O–H groups in total. The van der Waals surface area contributed by atoms with Crippen molar-refractivity contribution >= 4 is 17.6 Å². The lowest BCUT2D eigenvalue weighted by Crippen LogP contribution is -2.18. The van der Waals surface area contributed by atoms with Crippen LogP contribution in [-0.2, 0) is 4.79 Å². The first-order valence-electron chi connectivity index (χ1n) is 6.62. The van der Waals surface area contributed by atoms with Gasteiger partial charge in [-0.25, -0.2) is 4.79 Å². The van der Waals surface area contributed by atoms with Gasteiger partial charge in [-0.15, -0.1) is 0 Å². The molecule has 110 valence electrons. The van der Waals surface area contributed by atoms with Gasteiger partial charge in [0.2, 0.25) is 0 Å². The van der Waals surface area contributed by atoms with Gasteiger partial charge in [0.05, 0.1) is 0 Å². The van der Waals surface area contributed by atoms with E-state index in [9.17, 15) is 4.79 Å². The number of ether oxygens (including phenoxy) is 2. The van der Waals surface area contributed by atoms with Crippen LogP contribution in [0, 0.1) is 20.8 Å². The van der Waals surface area contributed by atoms with Gasteiger partial charge in [-0.1, -0.05) is 29.3 Å². The fourth-order valence-corrected chi connectivity index (χ4v) is 2.20. The summed E-state index contributed by atoms with van der Waals surface area (Å²) in [6.07, 6.45) is 0. The molecule has 2 rings (SSSR count). The van der Waals surface area contributed by atoms with Gasteiger partial charge in [-0.05, 0) is 56.2 Å². The highest BCUT2D eigenvalue weighted by atomic mass is 35.5. The number of rotatable bonds is 4. The summed E-state index contributed by atoms with van der Waals surface area (Å²) in [5, 5.41) is 0.637. The Bertz CT molecular complexity index is 665. The van der Waals surface area contributed by atoms with Crippen LogP contribution in [0.4, 0.5) is 0 Å². The summed E-state index contributed by atoms with van der Waals surface area (Å²) >= 11 is 5.87. The average molecular weight is 305 g/mol. The number of hydrogen-bond acceptors (Lipinski definition) is 3. The van der Waals surface area contributed by atoms with Gasteiger partial charge in [-0.3, -0.25) is 0 Å². The molecular formula is C17H17ClO3. The van der Waals surface area contributed by atoms with E-state index in [4.69, 9.17) is 21.1 Å². The Labute approximate surface area is 129 Å². The molecule has 0 aliphatic rings. The number of esters is 1. The van der Waals surface area contributed by atoms with Crippen LogP contribution in [0.15, 0.2) is 36.4 Å². The molecule has 0 spiro atoms. The molecule has 4 heteroatoms. The molecule has 0 unspecified atom stereocenters. The van der Waals surface area contributed by atoms with E-state index in [-0.39, 0.29) is 6.61 Å². The molecule has 0 amide bonds. The number of aryl methyl sites for hydroxylation is 3. The van der Waals surface area contributed by atoms with Gasteiger partial charge >= 0.3 is 5.97 Å². The van der Waals surface area contributed by atoms with E-state index in [0.717, 1.165) is 16.7 Å². The van der Waals surface area contributed by atoms with Crippen molar-refractivity contribution in [2.75, 3.05) is 6.61 Å². The molecule has 21 heavy (non-hydrogen) atoms. The lowest BCUT2D eigenvalue weighted by Gasteiger charge is -2.10. The summed E-state index contributed by atoms with van der Waals surface area (Å²) < 4.78 is 10.8. The van der Waals surface area contributed by atoms with Crippen molar-refractivity contribution < 1.29 is 14.3 Å². The number of benzene rings is 2. The Morgan fingerprint density at radius 2 is 1.67 bits per heavy atom. The van der Waals surface area contributed by atoms with Crippen LogP contribution in [0.1, 0.15) is 16.7 Å². The second kappa shape index (κ2) is 6.64. The zero-order valence-corrected chi connectivity index (χ0v) is 13.0. The first-order chi connectivity index (χ1) is 9.95. The predicted octanol–water partition coefficient (Wildman–Crippen LogP) is 4.25. The molecule has 0 radical (unpaired) electrons. The second-order valence-corrected chi connectivity index (χ2v) is 5.38. The molecule has 0 saturated carbocycles. The fraction of sp³-hybridized carbons (Fsp3) is 0.235. The van der Waals surface area contributed by atoms with Crippen LogP contribution in [0.25, 0.3) is 0 Å². The minimum atomic E-state index is -0.434. The van der Waals surface area contributed by atoms with Crippen molar-refractivity contribution in [1.82, 2.24) is 0 Å². The summed E-state index contributed by atoms with van der Waals surface area (Å²) in [6.45, 7) is 5.62. The van der Waals surface area contributed by atoms with E-state index < -0.39 is 5.97 Å². The Hall–Kier alpha value is -2.00. The molecule has 0 aromatic heterocycles. The smallest absolute Gasteiger partial charge is 0.349 e. The summed E-state index contributed by atoms with van der Waals surface area (Å²) in [5.41, 5.74) is 2.92. The van der Waals surface area contributed by atoms with Crippen LogP contribution < -0.4 is 9.47 Å². The first kappa shape index (κ1) is 15.4. The highest BCUT2D eigenvalue weighted by molar-refractivity contribution is 6.30. The maximum Gasteiger partial charge on any atom is 0.349 e. The molecule has 2 aromatic rings. The maximum absolute atomic E-state index is 11.8. The van der Waals surface area contributed by atoms with E-state index in [2.05, 4.69) is 0 Å². The van der Waals surface area contributed by atoms with E-state index in [0.29, 0.717) is 16.5 Å². The van der Waals surface area contributed by atoms with Crippen LogP contribution in [0.3, 0.4) is 0 Å². The normalized spacial score (nSPS) is 10.3. The standard InChI is InChI=1S/C17H17ClO3/c1-11-4-6-16(12(2)8-11)21-17(19)10-20-15-7-5-14(18)9-13(15)3/h4-9H,10H2,1-3H3. The monoisotopic (exact) mass is 304 g/mol. The highest BCUT2D eigenvalue weighted by Gasteiger charge is 2.09. The van der Waals surface area contributed by atoms with E-state index >= 15 is 0 Å². The van der Waals surface area contributed by atoms with Gasteiger partial charge < -0.3 is 9.47 Å². The van der Waals surface area contributed by atoms with Crippen LogP contribution in [0.2, 0.25) is 5.02 Å². The minimum Gasteiger partial charge on any atom is -0.482 e. The summed E-state index contributed by atoms with van der Waals surface area (Å²) in [7, 11) is 0. The van der Waals surface area contributed by atoms with Crippen molar-refractivity contribution in [3.8, 4) is 11.5 Å². The Morgan fingerprint density at radius 3 is 2.33 bits per heavy atom. The van der Waals surface area contributed by atoms with Crippen molar-refractivity contribution in [3.05, 3.63) is 58.1 Å². The van der Waals surface area contributed by atoms with Gasteiger partial charge in [0, 0.05) is 5.02 Å². The largest absolute Gasteiger partial charge is 0.482 e. The van der Waals surface area contributed by atoms with Gasteiger partial charge in [0.25, 0.3) is 0 Å². The lowest BCUT2D eigenvalue weighted by molar-refractivity contribution is -0.136. The second-order valence-electron chi connectivity index (χ2n) is 4.94. The molecule has 2 aromatic carbocycles. The molecule has 0 bridgehead atoms. The van der Waals surface area contributed by atoms with Crippen molar-refractivity contribution in [2.45, 2.75) is 20.8 Å². The van der Waals surface area contributed by atoms with E-state index in [1.54, 1.807) is 24.3 Å². The van der Waals surface area contributed by atoms with Crippen LogP contribution in [-0.4, -0.2) is 12.6 Å². The number of carbonyl (C=O) groups is 1. The van der Waals surface area contributed by atoms with Crippen molar-refractivity contribution in [3.63, 3.8) is 0 Å². The predicted molar refractivity (Wildman–Crippen MR) is 83.2 cm³/mol. The third-order valence-corrected chi connectivity index (χ3v) is 3.27. The fourth-order valence-electron chi connectivity index (χ4n) is 1.98. The SMILES string of the molecule is Cc1ccc(OC(=O)COc2ccc(Cl)cc2C)c(C)c1. The minimum absolute atomic E-state index is 0.143. The molecule has 0 fully saturated rings. The Morgan fingerprint density at radius 1 is 1.00 bits per heavy atom. The lowest BCUT2D eigenvalue weighted by atomic mass is 10.1. The molecule has 0 heterocycles. The van der Waals surface area contributed by atoms with Crippen molar-refractivity contribution in [2.24, 2.45) is 0 Å². The third kappa shape index (κ3) is 4.23. The average Bonchev–Trinajstić information content (AvgIpc) is 2.41. The van der Waals surface area contributed by atoms with Crippen LogP contribution >= 0.6 is 11.6 Å². The molecule has 0 atom stereocenters. The van der Waals surface area contributed by atoms with E-state index in [1.807, 2.05) is 32.9 Å². The molecular weight excluding hydrogens is 288 g/mol. The Balaban J connectivity index is 1.96. The topological polar surface area (TPSA) is 35.5 Å².